The lowest BCUT2D eigenvalue weighted by Crippen LogP contribution is -2.46. The molecule has 0 bridgehead atoms. The highest BCUT2D eigenvalue weighted by Gasteiger charge is 2.41. The maximum Gasteiger partial charge on any atom is 0.416 e. The summed E-state index contributed by atoms with van der Waals surface area (Å²) in [4.78, 5) is 37.8. The molecule has 146 valence electrons. The number of nitrogens with zero attached hydrogens (tertiary/aromatic N) is 1. The largest absolute Gasteiger partial charge is 0.447 e. The van der Waals surface area contributed by atoms with Gasteiger partial charge in [-0.2, -0.15) is 0 Å². The summed E-state index contributed by atoms with van der Waals surface area (Å²) in [5, 5.41) is 0. The Morgan fingerprint density at radius 2 is 1.75 bits per heavy atom. The van der Waals surface area contributed by atoms with Crippen LogP contribution in [-0.4, -0.2) is 41.9 Å². The zero-order chi connectivity index (χ0) is 19.9. The van der Waals surface area contributed by atoms with E-state index in [-0.39, 0.29) is 13.2 Å². The van der Waals surface area contributed by atoms with E-state index in [1.54, 1.807) is 6.92 Å². The van der Waals surface area contributed by atoms with Gasteiger partial charge in [0.1, 0.15) is 19.0 Å². The van der Waals surface area contributed by atoms with Crippen molar-refractivity contribution in [1.82, 2.24) is 4.90 Å². The summed E-state index contributed by atoms with van der Waals surface area (Å²) < 4.78 is 10.7. The van der Waals surface area contributed by atoms with Gasteiger partial charge in [0.05, 0.1) is 18.6 Å². The van der Waals surface area contributed by atoms with Crippen LogP contribution in [-0.2, 0) is 32.1 Å². The number of amides is 2. The van der Waals surface area contributed by atoms with Gasteiger partial charge in [0.2, 0.25) is 5.91 Å². The molecule has 2 aromatic rings. The Morgan fingerprint density at radius 3 is 2.36 bits per heavy atom. The maximum absolute atomic E-state index is 13.0. The van der Waals surface area contributed by atoms with Crippen LogP contribution in [0.15, 0.2) is 60.7 Å². The average molecular weight is 381 g/mol. The molecule has 1 fully saturated rings. The van der Waals surface area contributed by atoms with Gasteiger partial charge in [-0.25, -0.2) is 9.69 Å². The fraction of sp³-hybridized carbons (Fsp3) is 0.318. The molecule has 2 amide bonds. The standard InChI is InChI=1S/C22H23NO5/c1-16(20(13-24)27-14-18-10-6-3-7-11-18)21(25)23-19(15-28-22(23)26)12-17-8-4-2-5-9-17/h2-11,13,16,19-20H,12,14-15H2,1H3/t16-,19-,20+/m1/s1. The van der Waals surface area contributed by atoms with Crippen LogP contribution < -0.4 is 0 Å². The summed E-state index contributed by atoms with van der Waals surface area (Å²) in [6, 6.07) is 18.6. The van der Waals surface area contributed by atoms with Crippen LogP contribution in [0.2, 0.25) is 0 Å². The van der Waals surface area contributed by atoms with Crippen molar-refractivity contribution in [3.63, 3.8) is 0 Å². The zero-order valence-electron chi connectivity index (χ0n) is 15.7. The molecule has 6 heteroatoms. The SMILES string of the molecule is C[C@@H](C(=O)N1C(=O)OC[C@H]1Cc1ccccc1)[C@H](C=O)OCc1ccccc1. The molecule has 2 aromatic carbocycles. The predicted molar refractivity (Wildman–Crippen MR) is 102 cm³/mol. The van der Waals surface area contributed by atoms with Crippen molar-refractivity contribution >= 4 is 18.3 Å². The second-order valence-electron chi connectivity index (χ2n) is 6.81. The molecule has 3 atom stereocenters. The molecule has 0 aromatic heterocycles. The fourth-order valence-corrected chi connectivity index (χ4v) is 3.19. The van der Waals surface area contributed by atoms with E-state index in [1.165, 1.54) is 0 Å². The third-order valence-corrected chi connectivity index (χ3v) is 4.81. The number of benzene rings is 2. The monoisotopic (exact) mass is 381 g/mol. The molecule has 1 aliphatic rings. The van der Waals surface area contributed by atoms with Crippen molar-refractivity contribution in [1.29, 1.82) is 0 Å². The van der Waals surface area contributed by atoms with E-state index in [2.05, 4.69) is 0 Å². The first-order valence-corrected chi connectivity index (χ1v) is 9.24. The highest BCUT2D eigenvalue weighted by Crippen LogP contribution is 2.22. The number of hydrogen-bond donors (Lipinski definition) is 0. The molecular weight excluding hydrogens is 358 g/mol. The van der Waals surface area contributed by atoms with Gasteiger partial charge < -0.3 is 14.3 Å². The predicted octanol–water partition coefficient (Wildman–Crippen LogP) is 3.00. The van der Waals surface area contributed by atoms with Crippen LogP contribution in [0.3, 0.4) is 0 Å². The van der Waals surface area contributed by atoms with E-state index in [9.17, 15) is 14.4 Å². The van der Waals surface area contributed by atoms with Gasteiger partial charge in [-0.15, -0.1) is 0 Å². The number of aldehydes is 1. The number of ether oxygens (including phenoxy) is 2. The molecule has 0 unspecified atom stereocenters. The second-order valence-corrected chi connectivity index (χ2v) is 6.81. The molecule has 0 radical (unpaired) electrons. The summed E-state index contributed by atoms with van der Waals surface area (Å²) in [6.45, 7) is 1.94. The van der Waals surface area contributed by atoms with Crippen LogP contribution >= 0.6 is 0 Å². The topological polar surface area (TPSA) is 72.9 Å². The Labute approximate surface area is 164 Å². The van der Waals surface area contributed by atoms with Gasteiger partial charge in [0.25, 0.3) is 0 Å². The summed E-state index contributed by atoms with van der Waals surface area (Å²) in [6.07, 6.45) is -0.509. The minimum Gasteiger partial charge on any atom is -0.447 e. The molecule has 1 saturated heterocycles. The first-order chi connectivity index (χ1) is 13.6. The Morgan fingerprint density at radius 1 is 1.14 bits per heavy atom. The van der Waals surface area contributed by atoms with Gasteiger partial charge in [0.15, 0.2) is 0 Å². The number of carbonyl (C=O) groups excluding carboxylic acids is 3. The van der Waals surface area contributed by atoms with Crippen molar-refractivity contribution in [2.75, 3.05) is 6.61 Å². The molecule has 1 aliphatic heterocycles. The van der Waals surface area contributed by atoms with Crippen LogP contribution in [0.25, 0.3) is 0 Å². The summed E-state index contributed by atoms with van der Waals surface area (Å²) >= 11 is 0. The molecule has 6 nitrogen and oxygen atoms in total. The van der Waals surface area contributed by atoms with Crippen molar-refractivity contribution < 1.29 is 23.9 Å². The van der Waals surface area contributed by atoms with Gasteiger partial charge >= 0.3 is 6.09 Å². The number of rotatable bonds is 8. The lowest BCUT2D eigenvalue weighted by Gasteiger charge is -2.25. The van der Waals surface area contributed by atoms with Crippen LogP contribution in [0.4, 0.5) is 4.79 Å². The third kappa shape index (κ3) is 4.64. The Kier molecular flexibility index (Phi) is 6.55. The van der Waals surface area contributed by atoms with Crippen molar-refractivity contribution in [3.05, 3.63) is 71.8 Å². The Balaban J connectivity index is 1.66. The lowest BCUT2D eigenvalue weighted by molar-refractivity contribution is -0.142. The molecule has 0 saturated carbocycles. The normalized spacial score (nSPS) is 18.4. The third-order valence-electron chi connectivity index (χ3n) is 4.81. The van der Waals surface area contributed by atoms with Gasteiger partial charge in [-0.05, 0) is 17.5 Å². The van der Waals surface area contributed by atoms with Crippen molar-refractivity contribution in [2.24, 2.45) is 5.92 Å². The zero-order valence-corrected chi connectivity index (χ0v) is 15.7. The molecule has 0 aliphatic carbocycles. The number of carbonyl (C=O) groups is 3. The van der Waals surface area contributed by atoms with Gasteiger partial charge in [-0.3, -0.25) is 4.79 Å². The van der Waals surface area contributed by atoms with Gasteiger partial charge in [-0.1, -0.05) is 67.6 Å². The Bertz CT molecular complexity index is 808. The number of hydrogen-bond acceptors (Lipinski definition) is 5. The molecule has 0 spiro atoms. The summed E-state index contributed by atoms with van der Waals surface area (Å²) in [7, 11) is 0. The molecule has 0 N–H and O–H groups in total. The van der Waals surface area contributed by atoms with Crippen LogP contribution in [0.1, 0.15) is 18.1 Å². The summed E-state index contributed by atoms with van der Waals surface area (Å²) in [5.74, 6) is -1.27. The minimum absolute atomic E-state index is 0.142. The van der Waals surface area contributed by atoms with E-state index in [1.807, 2.05) is 60.7 Å². The van der Waals surface area contributed by atoms with E-state index >= 15 is 0 Å². The van der Waals surface area contributed by atoms with E-state index in [4.69, 9.17) is 9.47 Å². The number of cyclic esters (lactones) is 1. The van der Waals surface area contributed by atoms with Crippen molar-refractivity contribution in [3.8, 4) is 0 Å². The van der Waals surface area contributed by atoms with Crippen LogP contribution in [0, 0.1) is 5.92 Å². The van der Waals surface area contributed by atoms with Gasteiger partial charge in [0, 0.05) is 0 Å². The van der Waals surface area contributed by atoms with E-state index < -0.39 is 30.1 Å². The minimum atomic E-state index is -0.946. The van der Waals surface area contributed by atoms with Crippen molar-refractivity contribution in [2.45, 2.75) is 32.1 Å². The molecular formula is C22H23NO5. The van der Waals surface area contributed by atoms with E-state index in [0.717, 1.165) is 16.0 Å². The highest BCUT2D eigenvalue weighted by atomic mass is 16.6. The molecule has 3 rings (SSSR count). The number of imide groups is 1. The molecule has 28 heavy (non-hydrogen) atoms. The Hall–Kier alpha value is -2.99. The maximum atomic E-state index is 13.0. The summed E-state index contributed by atoms with van der Waals surface area (Å²) in [5.41, 5.74) is 1.90. The van der Waals surface area contributed by atoms with Crippen LogP contribution in [0.5, 0.6) is 0 Å². The second kappa shape index (κ2) is 9.28. The molecule has 1 heterocycles. The lowest BCUT2D eigenvalue weighted by atomic mass is 10.0. The first kappa shape index (κ1) is 19.8. The smallest absolute Gasteiger partial charge is 0.416 e. The fourth-order valence-electron chi connectivity index (χ4n) is 3.19. The van der Waals surface area contributed by atoms with E-state index in [0.29, 0.717) is 12.7 Å². The quantitative estimate of drug-likeness (QED) is 0.657. The highest BCUT2D eigenvalue weighted by molar-refractivity contribution is 5.96. The average Bonchev–Trinajstić information content (AvgIpc) is 3.09. The first-order valence-electron chi connectivity index (χ1n) is 9.24.